The van der Waals surface area contributed by atoms with Crippen LogP contribution in [-0.2, 0) is 14.8 Å². The van der Waals surface area contributed by atoms with Crippen molar-refractivity contribution in [1.82, 2.24) is 5.43 Å². The first kappa shape index (κ1) is 23.7. The van der Waals surface area contributed by atoms with Crippen LogP contribution in [0.1, 0.15) is 19.4 Å². The molecule has 0 spiro atoms. The Morgan fingerprint density at radius 1 is 1.27 bits per heavy atom. The summed E-state index contributed by atoms with van der Waals surface area (Å²) in [4.78, 5) is 12.6. The zero-order valence-corrected chi connectivity index (χ0v) is 19.5. The summed E-state index contributed by atoms with van der Waals surface area (Å²) in [7, 11) is -2.20. The Morgan fingerprint density at radius 3 is 2.50 bits per heavy atom. The van der Waals surface area contributed by atoms with Crippen LogP contribution in [0.4, 0.5) is 5.69 Å². The van der Waals surface area contributed by atoms with E-state index in [2.05, 4.69) is 26.5 Å². The molecular weight excluding hydrogens is 474 g/mol. The van der Waals surface area contributed by atoms with Gasteiger partial charge in [-0.15, -0.1) is 0 Å². The molecule has 0 aliphatic rings. The van der Waals surface area contributed by atoms with Crippen LogP contribution in [0.5, 0.6) is 11.5 Å². The first-order valence-electron chi connectivity index (χ1n) is 9.06. The van der Waals surface area contributed by atoms with Gasteiger partial charge < -0.3 is 9.47 Å². The Bertz CT molecular complexity index is 1010. The topological polar surface area (TPSA) is 97.3 Å². The van der Waals surface area contributed by atoms with Gasteiger partial charge in [-0.25, -0.2) is 13.8 Å². The first-order chi connectivity index (χ1) is 14.2. The summed E-state index contributed by atoms with van der Waals surface area (Å²) < 4.78 is 37.2. The van der Waals surface area contributed by atoms with Gasteiger partial charge in [-0.1, -0.05) is 15.9 Å². The minimum absolute atomic E-state index is 0.348. The monoisotopic (exact) mass is 497 g/mol. The van der Waals surface area contributed by atoms with Gasteiger partial charge in [-0.05, 0) is 56.3 Å². The van der Waals surface area contributed by atoms with Crippen LogP contribution in [0, 0.1) is 0 Å². The lowest BCUT2D eigenvalue weighted by molar-refractivity contribution is -0.121. The van der Waals surface area contributed by atoms with E-state index in [1.807, 2.05) is 13.0 Å². The van der Waals surface area contributed by atoms with E-state index in [0.717, 1.165) is 15.0 Å². The van der Waals surface area contributed by atoms with Gasteiger partial charge in [0.1, 0.15) is 17.5 Å². The van der Waals surface area contributed by atoms with Crippen molar-refractivity contribution in [3.63, 3.8) is 0 Å². The van der Waals surface area contributed by atoms with Crippen LogP contribution < -0.4 is 19.2 Å². The lowest BCUT2D eigenvalue weighted by Crippen LogP contribution is -2.46. The number of carbonyl (C=O) groups is 1. The summed E-state index contributed by atoms with van der Waals surface area (Å²) in [5.74, 6) is 0.607. The third-order valence-corrected chi connectivity index (χ3v) is 5.80. The number of sulfonamides is 1. The third-order valence-electron chi connectivity index (χ3n) is 4.06. The number of carbonyl (C=O) groups excluding carboxylic acids is 1. The van der Waals surface area contributed by atoms with E-state index in [4.69, 9.17) is 9.47 Å². The summed E-state index contributed by atoms with van der Waals surface area (Å²) in [5, 5.41) is 3.94. The molecule has 0 heterocycles. The van der Waals surface area contributed by atoms with Crippen molar-refractivity contribution < 1.29 is 22.7 Å². The van der Waals surface area contributed by atoms with E-state index in [9.17, 15) is 13.2 Å². The number of hydrazone groups is 1. The fourth-order valence-corrected chi connectivity index (χ4v) is 4.28. The van der Waals surface area contributed by atoms with Crippen molar-refractivity contribution in [2.75, 3.05) is 24.3 Å². The number of rotatable bonds is 9. The molecule has 1 N–H and O–H groups in total. The smallest absolute Gasteiger partial charge is 0.263 e. The normalized spacial score (nSPS) is 12.4. The highest BCUT2D eigenvalue weighted by Gasteiger charge is 2.29. The van der Waals surface area contributed by atoms with Gasteiger partial charge in [0.05, 0.1) is 31.9 Å². The van der Waals surface area contributed by atoms with Crippen LogP contribution in [-0.4, -0.2) is 46.6 Å². The Balaban J connectivity index is 2.19. The standard InChI is InChI=1S/C20H24BrN3O5S/c1-5-29-18-9-7-17(8-10-18)24(30(4,26)27)14(2)20(25)23-22-13-15-12-16(21)6-11-19(15)28-3/h6-14H,5H2,1-4H3,(H,23,25)/t14-/m1/s1. The number of anilines is 1. The van der Waals surface area contributed by atoms with Crippen molar-refractivity contribution in [1.29, 1.82) is 0 Å². The number of amides is 1. The fraction of sp³-hybridized carbons (Fsp3) is 0.300. The number of hydrogen-bond donors (Lipinski definition) is 1. The summed E-state index contributed by atoms with van der Waals surface area (Å²) in [5.41, 5.74) is 3.38. The van der Waals surface area contributed by atoms with Crippen molar-refractivity contribution >= 4 is 43.8 Å². The maximum Gasteiger partial charge on any atom is 0.263 e. The first-order valence-corrected chi connectivity index (χ1v) is 11.7. The second-order valence-electron chi connectivity index (χ2n) is 6.28. The zero-order valence-electron chi connectivity index (χ0n) is 17.1. The van der Waals surface area contributed by atoms with Crippen molar-refractivity contribution in [2.45, 2.75) is 19.9 Å². The summed E-state index contributed by atoms with van der Waals surface area (Å²) in [6.45, 7) is 3.84. The van der Waals surface area contributed by atoms with Crippen molar-refractivity contribution in [3.8, 4) is 11.5 Å². The molecule has 2 rings (SSSR count). The van der Waals surface area contributed by atoms with E-state index in [-0.39, 0.29) is 0 Å². The zero-order chi connectivity index (χ0) is 22.3. The average molecular weight is 498 g/mol. The molecule has 0 unspecified atom stereocenters. The van der Waals surface area contributed by atoms with Gasteiger partial charge >= 0.3 is 0 Å². The fourth-order valence-electron chi connectivity index (χ4n) is 2.73. The highest BCUT2D eigenvalue weighted by Crippen LogP contribution is 2.24. The molecule has 0 bridgehead atoms. The van der Waals surface area contributed by atoms with Gasteiger partial charge in [0, 0.05) is 10.0 Å². The van der Waals surface area contributed by atoms with E-state index < -0.39 is 22.0 Å². The molecule has 0 aliphatic carbocycles. The second kappa shape index (κ2) is 10.4. The number of nitrogens with zero attached hydrogens (tertiary/aromatic N) is 2. The molecule has 0 saturated carbocycles. The van der Waals surface area contributed by atoms with Gasteiger partial charge in [-0.3, -0.25) is 9.10 Å². The number of hydrogen-bond acceptors (Lipinski definition) is 6. The quantitative estimate of drug-likeness (QED) is 0.423. The van der Waals surface area contributed by atoms with Gasteiger partial charge in [0.15, 0.2) is 0 Å². The molecule has 30 heavy (non-hydrogen) atoms. The van der Waals surface area contributed by atoms with Gasteiger partial charge in [0.25, 0.3) is 5.91 Å². The Kier molecular flexibility index (Phi) is 8.24. The van der Waals surface area contributed by atoms with E-state index in [1.165, 1.54) is 20.2 Å². The SMILES string of the molecule is CCOc1ccc(N([C@H](C)C(=O)NN=Cc2cc(Br)ccc2OC)S(C)(=O)=O)cc1. The van der Waals surface area contributed by atoms with Crippen molar-refractivity contribution in [3.05, 3.63) is 52.5 Å². The minimum atomic E-state index is -3.73. The van der Waals surface area contributed by atoms with Gasteiger partial charge in [-0.2, -0.15) is 5.10 Å². The molecular formula is C20H24BrN3O5S. The maximum absolute atomic E-state index is 12.6. The average Bonchev–Trinajstić information content (AvgIpc) is 2.68. The highest BCUT2D eigenvalue weighted by molar-refractivity contribution is 9.10. The number of methoxy groups -OCH3 is 1. The molecule has 0 aliphatic heterocycles. The molecule has 1 atom stereocenters. The van der Waals surface area contributed by atoms with E-state index in [1.54, 1.807) is 36.4 Å². The van der Waals surface area contributed by atoms with Gasteiger partial charge in [0.2, 0.25) is 10.0 Å². The van der Waals surface area contributed by atoms with Crippen LogP contribution in [0.2, 0.25) is 0 Å². The van der Waals surface area contributed by atoms with Crippen LogP contribution in [0.3, 0.4) is 0 Å². The summed E-state index contributed by atoms with van der Waals surface area (Å²) in [6, 6.07) is 10.8. The maximum atomic E-state index is 12.6. The molecule has 2 aromatic rings. The predicted octanol–water partition coefficient (Wildman–Crippen LogP) is 3.16. The minimum Gasteiger partial charge on any atom is -0.496 e. The van der Waals surface area contributed by atoms with E-state index in [0.29, 0.717) is 29.4 Å². The highest BCUT2D eigenvalue weighted by atomic mass is 79.9. The van der Waals surface area contributed by atoms with Crippen LogP contribution >= 0.6 is 15.9 Å². The summed E-state index contributed by atoms with van der Waals surface area (Å²) in [6.07, 6.45) is 2.47. The molecule has 1 amide bonds. The molecule has 0 aromatic heterocycles. The second-order valence-corrected chi connectivity index (χ2v) is 9.06. The molecule has 8 nitrogen and oxygen atoms in total. The summed E-state index contributed by atoms with van der Waals surface area (Å²) >= 11 is 3.36. The lowest BCUT2D eigenvalue weighted by atomic mass is 10.2. The van der Waals surface area contributed by atoms with Crippen LogP contribution in [0.15, 0.2) is 52.0 Å². The number of benzene rings is 2. The molecule has 2 aromatic carbocycles. The lowest BCUT2D eigenvalue weighted by Gasteiger charge is -2.27. The van der Waals surface area contributed by atoms with Crippen molar-refractivity contribution in [2.24, 2.45) is 5.10 Å². The molecule has 0 saturated heterocycles. The largest absolute Gasteiger partial charge is 0.496 e. The molecule has 10 heteroatoms. The Hall–Kier alpha value is -2.59. The number of ether oxygens (including phenoxy) is 2. The predicted molar refractivity (Wildman–Crippen MR) is 121 cm³/mol. The van der Waals surface area contributed by atoms with Crippen LogP contribution in [0.25, 0.3) is 0 Å². The molecule has 0 fully saturated rings. The Morgan fingerprint density at radius 2 is 1.93 bits per heavy atom. The molecule has 162 valence electrons. The Labute approximate surface area is 185 Å². The number of nitrogens with one attached hydrogen (secondary N) is 1. The number of halogens is 1. The van der Waals surface area contributed by atoms with E-state index >= 15 is 0 Å². The molecule has 0 radical (unpaired) electrons. The third kappa shape index (κ3) is 6.20.